The number of carboxylic acid groups (broad SMARTS) is 1. The molecule has 2 aromatic rings. The monoisotopic (exact) mass is 289 g/mol. The number of nitrogens with zero attached hydrogens (tertiary/aromatic N) is 3. The molecular weight excluding hydrogens is 274 g/mol. The number of hydrogen-bond donors (Lipinski definition) is 1. The highest BCUT2D eigenvalue weighted by Gasteiger charge is 2.19. The summed E-state index contributed by atoms with van der Waals surface area (Å²) in [5.74, 6) is 0.250. The molecule has 0 atom stereocenters. The molecule has 0 spiro atoms. The molecule has 1 aromatic heterocycles. The van der Waals surface area contributed by atoms with Crippen LogP contribution in [0, 0.1) is 0 Å². The van der Waals surface area contributed by atoms with Gasteiger partial charge in [-0.25, -0.2) is 9.48 Å². The molecule has 110 valence electrons. The van der Waals surface area contributed by atoms with Crippen LogP contribution in [-0.2, 0) is 6.42 Å². The molecule has 0 amide bonds. The first-order valence-corrected chi connectivity index (χ1v) is 6.78. The summed E-state index contributed by atoms with van der Waals surface area (Å²) in [5.41, 5.74) is 1.23. The summed E-state index contributed by atoms with van der Waals surface area (Å²) in [6, 6.07) is 5.41. The second kappa shape index (κ2) is 5.43. The van der Waals surface area contributed by atoms with Crippen molar-refractivity contribution in [2.75, 3.05) is 13.2 Å². The number of fused-ring (bicyclic) bond motifs is 1. The molecular formula is C14H15N3O4. The SMILES string of the molecule is CCc1c(C(=O)O)nnn1-c1ccc2c(c1)OCCCO2. The fraction of sp³-hybridized carbons (Fsp3) is 0.357. The van der Waals surface area contributed by atoms with E-state index in [1.54, 1.807) is 12.1 Å². The van der Waals surface area contributed by atoms with Gasteiger partial charge in [-0.3, -0.25) is 0 Å². The standard InChI is InChI=1S/C14H15N3O4/c1-2-10-13(14(18)19)15-16-17(10)9-4-5-11-12(8-9)21-7-3-6-20-11/h4-5,8H,2-3,6-7H2,1H3,(H,18,19). The van der Waals surface area contributed by atoms with Gasteiger partial charge >= 0.3 is 5.97 Å². The van der Waals surface area contributed by atoms with Crippen molar-refractivity contribution in [2.45, 2.75) is 19.8 Å². The lowest BCUT2D eigenvalue weighted by Crippen LogP contribution is -2.06. The van der Waals surface area contributed by atoms with Crippen LogP contribution in [0.25, 0.3) is 5.69 Å². The average molecular weight is 289 g/mol. The van der Waals surface area contributed by atoms with Crippen LogP contribution in [0.4, 0.5) is 0 Å². The Bertz CT molecular complexity index is 681. The van der Waals surface area contributed by atoms with Crippen molar-refractivity contribution in [1.29, 1.82) is 0 Å². The molecule has 7 nitrogen and oxygen atoms in total. The second-order valence-electron chi connectivity index (χ2n) is 4.64. The van der Waals surface area contributed by atoms with E-state index in [4.69, 9.17) is 14.6 Å². The molecule has 0 saturated carbocycles. The zero-order chi connectivity index (χ0) is 14.8. The number of rotatable bonds is 3. The molecule has 0 unspecified atom stereocenters. The predicted octanol–water partition coefficient (Wildman–Crippen LogP) is 1.69. The first-order chi connectivity index (χ1) is 10.2. The van der Waals surface area contributed by atoms with Crippen LogP contribution in [0.1, 0.15) is 29.5 Å². The van der Waals surface area contributed by atoms with E-state index in [9.17, 15) is 4.79 Å². The Morgan fingerprint density at radius 1 is 1.33 bits per heavy atom. The van der Waals surface area contributed by atoms with Crippen LogP contribution in [0.2, 0.25) is 0 Å². The molecule has 2 heterocycles. The van der Waals surface area contributed by atoms with Crippen LogP contribution in [-0.4, -0.2) is 39.3 Å². The van der Waals surface area contributed by atoms with Gasteiger partial charge < -0.3 is 14.6 Å². The van der Waals surface area contributed by atoms with Gasteiger partial charge in [0.1, 0.15) is 0 Å². The predicted molar refractivity (Wildman–Crippen MR) is 73.3 cm³/mol. The van der Waals surface area contributed by atoms with Crippen molar-refractivity contribution >= 4 is 5.97 Å². The van der Waals surface area contributed by atoms with Gasteiger partial charge in [0.2, 0.25) is 0 Å². The van der Waals surface area contributed by atoms with Gasteiger partial charge in [-0.2, -0.15) is 0 Å². The van der Waals surface area contributed by atoms with Crippen molar-refractivity contribution < 1.29 is 19.4 Å². The largest absolute Gasteiger partial charge is 0.490 e. The van der Waals surface area contributed by atoms with Gasteiger partial charge in [-0.15, -0.1) is 5.10 Å². The Morgan fingerprint density at radius 2 is 2.10 bits per heavy atom. The van der Waals surface area contributed by atoms with Crippen LogP contribution in [0.3, 0.4) is 0 Å². The number of hydrogen-bond acceptors (Lipinski definition) is 5. The summed E-state index contributed by atoms with van der Waals surface area (Å²) < 4.78 is 12.7. The van der Waals surface area contributed by atoms with Crippen molar-refractivity contribution in [1.82, 2.24) is 15.0 Å². The van der Waals surface area contributed by atoms with E-state index in [2.05, 4.69) is 10.3 Å². The lowest BCUT2D eigenvalue weighted by molar-refractivity contribution is 0.0689. The van der Waals surface area contributed by atoms with Gasteiger partial charge in [-0.1, -0.05) is 12.1 Å². The molecule has 0 fully saturated rings. The average Bonchev–Trinajstić information content (AvgIpc) is 2.78. The third-order valence-corrected chi connectivity index (χ3v) is 3.28. The normalized spacial score (nSPS) is 13.8. The molecule has 21 heavy (non-hydrogen) atoms. The smallest absolute Gasteiger partial charge is 0.358 e. The quantitative estimate of drug-likeness (QED) is 0.925. The van der Waals surface area contributed by atoms with E-state index in [1.807, 2.05) is 13.0 Å². The highest BCUT2D eigenvalue weighted by molar-refractivity contribution is 5.86. The first-order valence-electron chi connectivity index (χ1n) is 6.78. The fourth-order valence-electron chi connectivity index (χ4n) is 2.28. The number of carboxylic acids is 1. The third-order valence-electron chi connectivity index (χ3n) is 3.28. The molecule has 0 bridgehead atoms. The maximum absolute atomic E-state index is 11.1. The summed E-state index contributed by atoms with van der Waals surface area (Å²) in [7, 11) is 0. The third kappa shape index (κ3) is 2.42. The summed E-state index contributed by atoms with van der Waals surface area (Å²) in [6.45, 7) is 3.08. The van der Waals surface area contributed by atoms with E-state index in [-0.39, 0.29) is 5.69 Å². The van der Waals surface area contributed by atoms with E-state index in [1.165, 1.54) is 4.68 Å². The first kappa shape index (κ1) is 13.4. The maximum Gasteiger partial charge on any atom is 0.358 e. The minimum Gasteiger partial charge on any atom is -0.490 e. The van der Waals surface area contributed by atoms with Gasteiger partial charge in [0.25, 0.3) is 0 Å². The molecule has 1 N–H and O–H groups in total. The Hall–Kier alpha value is -2.57. The van der Waals surface area contributed by atoms with Crippen molar-refractivity contribution in [2.24, 2.45) is 0 Å². The zero-order valence-electron chi connectivity index (χ0n) is 11.6. The number of ether oxygens (including phenoxy) is 2. The van der Waals surface area contributed by atoms with E-state index < -0.39 is 5.97 Å². The Balaban J connectivity index is 2.05. The second-order valence-corrected chi connectivity index (χ2v) is 4.64. The summed E-state index contributed by atoms with van der Waals surface area (Å²) in [4.78, 5) is 11.1. The summed E-state index contributed by atoms with van der Waals surface area (Å²) >= 11 is 0. The molecule has 0 radical (unpaired) electrons. The van der Waals surface area contributed by atoms with Crippen LogP contribution < -0.4 is 9.47 Å². The van der Waals surface area contributed by atoms with Crippen LogP contribution in [0.15, 0.2) is 18.2 Å². The summed E-state index contributed by atoms with van der Waals surface area (Å²) in [5, 5.41) is 16.8. The zero-order valence-corrected chi connectivity index (χ0v) is 11.6. The number of carbonyl (C=O) groups is 1. The molecule has 7 heteroatoms. The number of aromatic carboxylic acids is 1. The van der Waals surface area contributed by atoms with Crippen LogP contribution >= 0.6 is 0 Å². The maximum atomic E-state index is 11.1. The fourth-order valence-corrected chi connectivity index (χ4v) is 2.28. The van der Waals surface area contributed by atoms with Gasteiger partial charge in [-0.05, 0) is 18.6 Å². The Kier molecular flexibility index (Phi) is 3.47. The van der Waals surface area contributed by atoms with Gasteiger partial charge in [0, 0.05) is 12.5 Å². The minimum absolute atomic E-state index is 0.0235. The molecule has 1 aliphatic rings. The topological polar surface area (TPSA) is 86.5 Å². The minimum atomic E-state index is -1.08. The molecule has 1 aliphatic heterocycles. The lowest BCUT2D eigenvalue weighted by atomic mass is 10.2. The highest BCUT2D eigenvalue weighted by Crippen LogP contribution is 2.32. The van der Waals surface area contributed by atoms with E-state index in [0.717, 1.165) is 6.42 Å². The van der Waals surface area contributed by atoms with Crippen molar-refractivity contribution in [3.8, 4) is 17.2 Å². The van der Waals surface area contributed by atoms with Crippen LogP contribution in [0.5, 0.6) is 11.5 Å². The molecule has 1 aromatic carbocycles. The van der Waals surface area contributed by atoms with E-state index >= 15 is 0 Å². The Labute approximate surface area is 121 Å². The molecule has 3 rings (SSSR count). The number of aromatic nitrogens is 3. The van der Waals surface area contributed by atoms with Gasteiger partial charge in [0.05, 0.1) is 24.6 Å². The van der Waals surface area contributed by atoms with Gasteiger partial charge in [0.15, 0.2) is 17.2 Å². The molecule has 0 saturated heterocycles. The lowest BCUT2D eigenvalue weighted by Gasteiger charge is -2.10. The molecule has 0 aliphatic carbocycles. The van der Waals surface area contributed by atoms with E-state index in [0.29, 0.717) is 42.5 Å². The van der Waals surface area contributed by atoms with Crippen molar-refractivity contribution in [3.05, 3.63) is 29.6 Å². The summed E-state index contributed by atoms with van der Waals surface area (Å²) in [6.07, 6.45) is 1.35. The Morgan fingerprint density at radius 3 is 2.81 bits per heavy atom. The van der Waals surface area contributed by atoms with Crippen molar-refractivity contribution in [3.63, 3.8) is 0 Å². The highest BCUT2D eigenvalue weighted by atomic mass is 16.5. The number of benzene rings is 1.